The molecule has 4 rings (SSSR count). The van der Waals surface area contributed by atoms with Gasteiger partial charge in [0, 0.05) is 11.0 Å². The number of nitrogens with one attached hydrogen (secondary N) is 1. The maximum Gasteiger partial charge on any atom is 0.255 e. The first-order valence-corrected chi connectivity index (χ1v) is 8.46. The Morgan fingerprint density at radius 3 is 2.70 bits per heavy atom. The summed E-state index contributed by atoms with van der Waals surface area (Å²) in [6, 6.07) is 8.46. The molecule has 1 heterocycles. The molecule has 23 heavy (non-hydrogen) atoms. The second-order valence-corrected chi connectivity index (χ2v) is 7.30. The number of rotatable bonds is 2. The molecule has 1 fully saturated rings. The first-order chi connectivity index (χ1) is 11.1. The summed E-state index contributed by atoms with van der Waals surface area (Å²) in [5, 5.41) is 0. The normalized spacial score (nSPS) is 18.2. The third-order valence-electron chi connectivity index (χ3n) is 5.33. The molecule has 4 nitrogen and oxygen atoms in total. The van der Waals surface area contributed by atoms with Crippen LogP contribution in [0, 0.1) is 0 Å². The van der Waals surface area contributed by atoms with Gasteiger partial charge in [0.05, 0.1) is 17.8 Å². The lowest BCUT2D eigenvalue weighted by Gasteiger charge is -2.35. The molecule has 0 saturated heterocycles. The van der Waals surface area contributed by atoms with Crippen LogP contribution in [0.15, 0.2) is 29.1 Å². The Bertz CT molecular complexity index is 801. The second-order valence-electron chi connectivity index (χ2n) is 7.30. The molecule has 4 heteroatoms. The lowest BCUT2D eigenvalue weighted by atomic mass is 9.68. The summed E-state index contributed by atoms with van der Waals surface area (Å²) in [5.41, 5.74) is 4.43. The topological polar surface area (TPSA) is 49.0 Å². The van der Waals surface area contributed by atoms with E-state index in [1.165, 1.54) is 18.4 Å². The molecule has 2 aromatic rings. The van der Waals surface area contributed by atoms with E-state index in [0.717, 1.165) is 41.9 Å². The first-order valence-electron chi connectivity index (χ1n) is 8.46. The average Bonchev–Trinajstić information content (AvgIpc) is 2.95. The van der Waals surface area contributed by atoms with Crippen molar-refractivity contribution in [2.24, 2.45) is 0 Å². The van der Waals surface area contributed by atoms with Gasteiger partial charge in [0.2, 0.25) is 0 Å². The van der Waals surface area contributed by atoms with Gasteiger partial charge in [-0.3, -0.25) is 4.79 Å². The lowest BCUT2D eigenvalue weighted by molar-refractivity contribution is 0.386. The highest BCUT2D eigenvalue weighted by atomic mass is 16.1. The van der Waals surface area contributed by atoms with Gasteiger partial charge in [0.15, 0.2) is 0 Å². The van der Waals surface area contributed by atoms with Gasteiger partial charge in [0.1, 0.15) is 5.82 Å². The van der Waals surface area contributed by atoms with Crippen LogP contribution >= 0.6 is 0 Å². The van der Waals surface area contributed by atoms with Crippen molar-refractivity contribution in [1.82, 2.24) is 14.9 Å². The number of hydrogen-bond donors (Lipinski definition) is 1. The average molecular weight is 309 g/mol. The Hall–Kier alpha value is -1.94. The van der Waals surface area contributed by atoms with Crippen molar-refractivity contribution < 1.29 is 0 Å². The molecule has 0 unspecified atom stereocenters. The van der Waals surface area contributed by atoms with Crippen LogP contribution in [-0.4, -0.2) is 29.0 Å². The van der Waals surface area contributed by atoms with Crippen molar-refractivity contribution in [3.63, 3.8) is 0 Å². The van der Waals surface area contributed by atoms with E-state index in [1.54, 1.807) is 0 Å². The fourth-order valence-electron chi connectivity index (χ4n) is 4.42. The van der Waals surface area contributed by atoms with Gasteiger partial charge in [-0.2, -0.15) is 0 Å². The van der Waals surface area contributed by atoms with E-state index in [4.69, 9.17) is 4.98 Å². The molecule has 1 saturated carbocycles. The lowest BCUT2D eigenvalue weighted by Crippen LogP contribution is -2.38. The number of H-pyrrole nitrogens is 1. The molecule has 0 atom stereocenters. The number of benzene rings is 1. The molecular weight excluding hydrogens is 286 g/mol. The SMILES string of the molecule is CN(C)Cc1nc2c(c(=O)[nH]1)C1(CCCC1)Cc1ccccc1-2. The predicted molar refractivity (Wildman–Crippen MR) is 91.5 cm³/mol. The summed E-state index contributed by atoms with van der Waals surface area (Å²) in [7, 11) is 3.98. The number of nitrogens with zero attached hydrogens (tertiary/aromatic N) is 2. The molecule has 120 valence electrons. The van der Waals surface area contributed by atoms with Crippen molar-refractivity contribution in [3.8, 4) is 11.3 Å². The van der Waals surface area contributed by atoms with E-state index < -0.39 is 0 Å². The van der Waals surface area contributed by atoms with Crippen LogP contribution in [0.5, 0.6) is 0 Å². The number of hydrogen-bond acceptors (Lipinski definition) is 3. The Balaban J connectivity index is 1.97. The molecule has 1 aromatic carbocycles. The molecule has 0 aliphatic heterocycles. The van der Waals surface area contributed by atoms with E-state index in [0.29, 0.717) is 6.54 Å². The monoisotopic (exact) mass is 309 g/mol. The van der Waals surface area contributed by atoms with E-state index in [-0.39, 0.29) is 11.0 Å². The molecule has 1 N–H and O–H groups in total. The van der Waals surface area contributed by atoms with Gasteiger partial charge in [0.25, 0.3) is 5.56 Å². The Kier molecular flexibility index (Phi) is 3.38. The van der Waals surface area contributed by atoms with Crippen molar-refractivity contribution in [2.45, 2.75) is 44.1 Å². The van der Waals surface area contributed by atoms with Crippen LogP contribution in [0.25, 0.3) is 11.3 Å². The zero-order valence-electron chi connectivity index (χ0n) is 13.9. The predicted octanol–water partition coefficient (Wildman–Crippen LogP) is 2.87. The van der Waals surface area contributed by atoms with Crippen LogP contribution in [0.3, 0.4) is 0 Å². The molecule has 1 spiro atoms. The Morgan fingerprint density at radius 2 is 1.96 bits per heavy atom. The van der Waals surface area contributed by atoms with Crippen LogP contribution < -0.4 is 5.56 Å². The second kappa shape index (κ2) is 5.31. The molecule has 0 radical (unpaired) electrons. The minimum absolute atomic E-state index is 0.000909. The highest BCUT2D eigenvalue weighted by molar-refractivity contribution is 5.71. The zero-order chi connectivity index (χ0) is 16.0. The van der Waals surface area contributed by atoms with Gasteiger partial charge >= 0.3 is 0 Å². The Labute approximate surface area is 136 Å². The standard InChI is InChI=1S/C19H23N3O/c1-22(2)12-15-20-17-14-8-4-3-7-13(14)11-19(9-5-6-10-19)16(17)18(23)21-15/h3-4,7-8H,5-6,9-12H2,1-2H3,(H,20,21,23). The smallest absolute Gasteiger partial charge is 0.255 e. The van der Waals surface area contributed by atoms with Crippen molar-refractivity contribution in [1.29, 1.82) is 0 Å². The number of fused-ring (bicyclic) bond motifs is 4. The van der Waals surface area contributed by atoms with Crippen LogP contribution in [0.1, 0.15) is 42.6 Å². The van der Waals surface area contributed by atoms with Gasteiger partial charge in [-0.1, -0.05) is 37.1 Å². The summed E-state index contributed by atoms with van der Waals surface area (Å²) in [6.45, 7) is 0.650. The highest BCUT2D eigenvalue weighted by Crippen LogP contribution is 2.49. The quantitative estimate of drug-likeness (QED) is 0.928. The molecule has 0 amide bonds. The van der Waals surface area contributed by atoms with E-state index in [2.05, 4.69) is 23.2 Å². The van der Waals surface area contributed by atoms with Gasteiger partial charge in [-0.15, -0.1) is 0 Å². The van der Waals surface area contributed by atoms with Gasteiger partial charge in [-0.05, 0) is 38.9 Å². The van der Waals surface area contributed by atoms with Gasteiger partial charge < -0.3 is 9.88 Å². The molecular formula is C19H23N3O. The first kappa shape index (κ1) is 14.6. The van der Waals surface area contributed by atoms with Crippen molar-refractivity contribution in [2.75, 3.05) is 14.1 Å². The number of aromatic nitrogens is 2. The summed E-state index contributed by atoms with van der Waals surface area (Å²) >= 11 is 0. The van der Waals surface area contributed by atoms with Gasteiger partial charge in [-0.25, -0.2) is 4.98 Å². The van der Waals surface area contributed by atoms with E-state index >= 15 is 0 Å². The maximum absolute atomic E-state index is 12.9. The summed E-state index contributed by atoms with van der Waals surface area (Å²) < 4.78 is 0. The fourth-order valence-corrected chi connectivity index (χ4v) is 4.42. The molecule has 2 aliphatic rings. The van der Waals surface area contributed by atoms with Crippen LogP contribution in [0.2, 0.25) is 0 Å². The minimum atomic E-state index is 0.000909. The highest BCUT2D eigenvalue weighted by Gasteiger charge is 2.43. The summed E-state index contributed by atoms with van der Waals surface area (Å²) in [5.74, 6) is 0.753. The third kappa shape index (κ3) is 2.32. The van der Waals surface area contributed by atoms with Crippen LogP contribution in [0.4, 0.5) is 0 Å². The molecule has 0 bridgehead atoms. The van der Waals surface area contributed by atoms with Crippen LogP contribution in [-0.2, 0) is 18.4 Å². The molecule has 2 aliphatic carbocycles. The molecule has 1 aromatic heterocycles. The third-order valence-corrected chi connectivity index (χ3v) is 5.33. The maximum atomic E-state index is 12.9. The Morgan fingerprint density at radius 1 is 1.22 bits per heavy atom. The number of aromatic amines is 1. The largest absolute Gasteiger partial charge is 0.309 e. The van der Waals surface area contributed by atoms with E-state index in [1.807, 2.05) is 25.1 Å². The van der Waals surface area contributed by atoms with E-state index in [9.17, 15) is 4.79 Å². The zero-order valence-corrected chi connectivity index (χ0v) is 13.9. The summed E-state index contributed by atoms with van der Waals surface area (Å²) in [4.78, 5) is 22.9. The van der Waals surface area contributed by atoms with Crippen molar-refractivity contribution in [3.05, 3.63) is 51.6 Å². The minimum Gasteiger partial charge on any atom is -0.309 e. The van der Waals surface area contributed by atoms with Crippen molar-refractivity contribution >= 4 is 0 Å². The fraction of sp³-hybridized carbons (Fsp3) is 0.474. The summed E-state index contributed by atoms with van der Waals surface area (Å²) in [6.07, 6.45) is 5.60.